The van der Waals surface area contributed by atoms with E-state index in [1.165, 1.54) is 11.3 Å². The van der Waals surface area contributed by atoms with Crippen molar-refractivity contribution < 1.29 is 4.79 Å². The summed E-state index contributed by atoms with van der Waals surface area (Å²) in [6.07, 6.45) is 0.501. The first-order chi connectivity index (χ1) is 12.1. The lowest BCUT2D eigenvalue weighted by Gasteiger charge is -2.25. The van der Waals surface area contributed by atoms with Crippen LogP contribution in [0.5, 0.6) is 0 Å². The van der Waals surface area contributed by atoms with Gasteiger partial charge < -0.3 is 10.6 Å². The van der Waals surface area contributed by atoms with Gasteiger partial charge in [0.15, 0.2) is 0 Å². The number of nitrogens with zero attached hydrogens (tertiary/aromatic N) is 2. The number of rotatable bonds is 6. The molecule has 2 N–H and O–H groups in total. The first kappa shape index (κ1) is 20.6. The van der Waals surface area contributed by atoms with Gasteiger partial charge in [0, 0.05) is 15.5 Å². The number of carbonyl (C=O) groups excluding carboxylic acids is 1. The Bertz CT molecular complexity index is 830. The first-order valence-corrected chi connectivity index (χ1v) is 9.60. The molecule has 0 fully saturated rings. The van der Waals surface area contributed by atoms with E-state index in [-0.39, 0.29) is 18.3 Å². The van der Waals surface area contributed by atoms with Gasteiger partial charge in [0.05, 0.1) is 23.8 Å². The maximum absolute atomic E-state index is 13.0. The molecule has 0 saturated heterocycles. The molecule has 0 aliphatic heterocycles. The summed E-state index contributed by atoms with van der Waals surface area (Å²) in [5, 5.41) is 1.95. The van der Waals surface area contributed by atoms with Gasteiger partial charge in [-0.15, -0.1) is 23.7 Å². The number of aromatic nitrogens is 1. The number of thiazole rings is 1. The number of carbonyl (C=O) groups is 1. The number of amides is 1. The first-order valence-electron chi connectivity index (χ1n) is 7.87. The molecule has 0 aliphatic carbocycles. The Morgan fingerprint density at radius 1 is 1.19 bits per heavy atom. The van der Waals surface area contributed by atoms with Crippen molar-refractivity contribution >= 4 is 51.3 Å². The van der Waals surface area contributed by atoms with Crippen LogP contribution in [0, 0.1) is 0 Å². The summed E-state index contributed by atoms with van der Waals surface area (Å²) in [5.41, 5.74) is 10.7. The van der Waals surface area contributed by atoms with E-state index in [1.54, 1.807) is 10.4 Å². The average molecular weight is 453 g/mol. The largest absolute Gasteiger partial charge is 0.320 e. The lowest BCUT2D eigenvalue weighted by atomic mass is 10.1. The summed E-state index contributed by atoms with van der Waals surface area (Å²) < 4.78 is 0.915. The van der Waals surface area contributed by atoms with E-state index in [0.717, 1.165) is 21.4 Å². The highest BCUT2D eigenvalue weighted by Gasteiger charge is 2.23. The van der Waals surface area contributed by atoms with E-state index in [2.05, 4.69) is 20.9 Å². The van der Waals surface area contributed by atoms with Crippen molar-refractivity contribution in [2.45, 2.75) is 19.0 Å². The van der Waals surface area contributed by atoms with Crippen molar-refractivity contribution in [2.24, 2.45) is 5.73 Å². The van der Waals surface area contributed by atoms with Gasteiger partial charge in [-0.05, 0) is 30.2 Å². The molecule has 0 unspecified atom stereocenters. The van der Waals surface area contributed by atoms with Crippen LogP contribution < -0.4 is 10.6 Å². The number of anilines is 1. The molecule has 3 rings (SSSR count). The van der Waals surface area contributed by atoms with Crippen LogP contribution >= 0.6 is 39.7 Å². The maximum Gasteiger partial charge on any atom is 0.244 e. The lowest BCUT2D eigenvalue weighted by molar-refractivity contribution is -0.120. The number of benzene rings is 2. The van der Waals surface area contributed by atoms with Crippen LogP contribution in [0.1, 0.15) is 11.3 Å². The van der Waals surface area contributed by atoms with Crippen molar-refractivity contribution in [1.82, 2.24) is 4.98 Å². The van der Waals surface area contributed by atoms with Crippen molar-refractivity contribution in [3.05, 3.63) is 81.2 Å². The fourth-order valence-corrected chi connectivity index (χ4v) is 3.51. The molecular formula is C19H19BrClN3OS. The molecule has 1 amide bonds. The third-order valence-corrected chi connectivity index (χ3v) is 4.93. The van der Waals surface area contributed by atoms with Crippen LogP contribution in [-0.2, 0) is 17.8 Å². The standard InChI is InChI=1S/C19H18BrN3OS.ClH/c20-15-7-4-8-17(10-15)23(11-16-12-25-13-22-16)19(24)18(21)9-14-5-2-1-3-6-14;/h1-8,10,12-13,18H,9,11,21H2;1H/t18-;/m0./s1. The lowest BCUT2D eigenvalue weighted by Crippen LogP contribution is -2.45. The van der Waals surface area contributed by atoms with E-state index < -0.39 is 6.04 Å². The second kappa shape index (κ2) is 9.83. The van der Waals surface area contributed by atoms with Gasteiger partial charge in [-0.2, -0.15) is 0 Å². The highest BCUT2D eigenvalue weighted by Crippen LogP contribution is 2.23. The minimum absolute atomic E-state index is 0. The molecule has 2 aromatic carbocycles. The van der Waals surface area contributed by atoms with Gasteiger partial charge in [-0.1, -0.05) is 52.3 Å². The molecule has 1 heterocycles. The predicted molar refractivity (Wildman–Crippen MR) is 113 cm³/mol. The van der Waals surface area contributed by atoms with Gasteiger partial charge in [0.2, 0.25) is 5.91 Å². The van der Waals surface area contributed by atoms with Gasteiger partial charge in [-0.25, -0.2) is 4.98 Å². The highest BCUT2D eigenvalue weighted by molar-refractivity contribution is 9.10. The van der Waals surface area contributed by atoms with Crippen molar-refractivity contribution in [3.8, 4) is 0 Å². The predicted octanol–water partition coefficient (Wildman–Crippen LogP) is 4.43. The number of halogens is 2. The van der Waals surface area contributed by atoms with Gasteiger partial charge in [0.1, 0.15) is 0 Å². The minimum Gasteiger partial charge on any atom is -0.320 e. The summed E-state index contributed by atoms with van der Waals surface area (Å²) in [4.78, 5) is 19.1. The van der Waals surface area contributed by atoms with E-state index in [1.807, 2.05) is 60.0 Å². The second-order valence-electron chi connectivity index (χ2n) is 5.68. The SMILES string of the molecule is Cl.N[C@@H](Cc1ccccc1)C(=O)N(Cc1cscn1)c1cccc(Br)c1. The monoisotopic (exact) mass is 451 g/mol. The molecule has 0 bridgehead atoms. The molecule has 136 valence electrons. The Labute approximate surface area is 171 Å². The molecule has 7 heteroatoms. The quantitative estimate of drug-likeness (QED) is 0.602. The van der Waals surface area contributed by atoms with E-state index in [9.17, 15) is 4.79 Å². The molecule has 3 aromatic rings. The van der Waals surface area contributed by atoms with Gasteiger partial charge >= 0.3 is 0 Å². The topological polar surface area (TPSA) is 59.2 Å². The average Bonchev–Trinajstić information content (AvgIpc) is 3.13. The van der Waals surface area contributed by atoms with Crippen molar-refractivity contribution in [1.29, 1.82) is 0 Å². The van der Waals surface area contributed by atoms with Gasteiger partial charge in [0.25, 0.3) is 0 Å². The highest BCUT2D eigenvalue weighted by atomic mass is 79.9. The minimum atomic E-state index is -0.611. The van der Waals surface area contributed by atoms with E-state index in [0.29, 0.717) is 13.0 Å². The van der Waals surface area contributed by atoms with Crippen LogP contribution in [0.25, 0.3) is 0 Å². The molecule has 0 spiro atoms. The van der Waals surface area contributed by atoms with Crippen molar-refractivity contribution in [2.75, 3.05) is 4.90 Å². The van der Waals surface area contributed by atoms with E-state index in [4.69, 9.17) is 5.73 Å². The Morgan fingerprint density at radius 2 is 1.96 bits per heavy atom. The zero-order valence-corrected chi connectivity index (χ0v) is 17.1. The second-order valence-corrected chi connectivity index (χ2v) is 7.31. The number of nitrogens with two attached hydrogens (primary N) is 1. The summed E-state index contributed by atoms with van der Waals surface area (Å²) in [7, 11) is 0. The zero-order valence-electron chi connectivity index (χ0n) is 13.9. The third kappa shape index (κ3) is 5.38. The Balaban J connectivity index is 0.00000243. The van der Waals surface area contributed by atoms with Gasteiger partial charge in [-0.3, -0.25) is 4.79 Å². The summed E-state index contributed by atoms with van der Waals surface area (Å²) in [6.45, 7) is 0.404. The van der Waals surface area contributed by atoms with Crippen LogP contribution in [0.3, 0.4) is 0 Å². The summed E-state index contributed by atoms with van der Waals surface area (Å²) in [5.74, 6) is -0.116. The zero-order chi connectivity index (χ0) is 17.6. The van der Waals surface area contributed by atoms with Crippen LogP contribution in [0.4, 0.5) is 5.69 Å². The van der Waals surface area contributed by atoms with Crippen LogP contribution in [0.15, 0.2) is 70.0 Å². The number of hydrogen-bond acceptors (Lipinski definition) is 4. The molecule has 1 aromatic heterocycles. The van der Waals surface area contributed by atoms with E-state index >= 15 is 0 Å². The third-order valence-electron chi connectivity index (χ3n) is 3.81. The fourth-order valence-electron chi connectivity index (χ4n) is 2.57. The Kier molecular flexibility index (Phi) is 7.78. The molecule has 26 heavy (non-hydrogen) atoms. The molecule has 0 saturated carbocycles. The normalized spacial score (nSPS) is 11.5. The molecule has 0 aliphatic rings. The molecule has 0 radical (unpaired) electrons. The summed E-state index contributed by atoms with van der Waals surface area (Å²) in [6, 6.07) is 16.9. The Morgan fingerprint density at radius 3 is 2.62 bits per heavy atom. The number of hydrogen-bond donors (Lipinski definition) is 1. The summed E-state index contributed by atoms with van der Waals surface area (Å²) >= 11 is 4.98. The van der Waals surface area contributed by atoms with Crippen LogP contribution in [0.2, 0.25) is 0 Å². The Hall–Kier alpha value is -1.73. The molecule has 1 atom stereocenters. The van der Waals surface area contributed by atoms with Crippen LogP contribution in [-0.4, -0.2) is 16.9 Å². The molecule has 4 nitrogen and oxygen atoms in total. The molecular weight excluding hydrogens is 434 g/mol. The maximum atomic E-state index is 13.0. The smallest absolute Gasteiger partial charge is 0.244 e. The van der Waals surface area contributed by atoms with Crippen molar-refractivity contribution in [3.63, 3.8) is 0 Å². The fraction of sp³-hybridized carbons (Fsp3) is 0.158.